The monoisotopic (exact) mass is 139 g/mol. The van der Waals surface area contributed by atoms with Gasteiger partial charge in [-0.3, -0.25) is 0 Å². The SMILES string of the molecule is COc1[c]c(F)cc(C)c1. The van der Waals surface area contributed by atoms with Crippen molar-refractivity contribution in [2.24, 2.45) is 0 Å². The highest BCUT2D eigenvalue weighted by Crippen LogP contribution is 2.13. The Labute approximate surface area is 59.4 Å². The van der Waals surface area contributed by atoms with Crippen molar-refractivity contribution >= 4 is 0 Å². The normalized spacial score (nSPS) is 9.50. The molecule has 53 valence electrons. The lowest BCUT2D eigenvalue weighted by molar-refractivity contribution is 0.409. The first-order valence-corrected chi connectivity index (χ1v) is 2.96. The Hall–Kier alpha value is -1.05. The molecule has 0 aliphatic heterocycles. The van der Waals surface area contributed by atoms with Crippen LogP contribution in [0.1, 0.15) is 5.56 Å². The average molecular weight is 139 g/mol. The summed E-state index contributed by atoms with van der Waals surface area (Å²) in [7, 11) is 1.49. The van der Waals surface area contributed by atoms with E-state index in [0.717, 1.165) is 5.56 Å². The van der Waals surface area contributed by atoms with Crippen molar-refractivity contribution in [2.45, 2.75) is 6.92 Å². The molecular weight excluding hydrogens is 131 g/mol. The van der Waals surface area contributed by atoms with E-state index in [9.17, 15) is 4.39 Å². The lowest BCUT2D eigenvalue weighted by Crippen LogP contribution is -1.85. The molecule has 0 heterocycles. The molecule has 1 radical (unpaired) electrons. The fraction of sp³-hybridized carbons (Fsp3) is 0.250. The topological polar surface area (TPSA) is 9.23 Å². The minimum atomic E-state index is -0.378. The van der Waals surface area contributed by atoms with Crippen molar-refractivity contribution in [2.75, 3.05) is 7.11 Å². The number of aryl methyl sites for hydroxylation is 1. The molecule has 2 heteroatoms. The minimum Gasteiger partial charge on any atom is -0.496 e. The van der Waals surface area contributed by atoms with Crippen LogP contribution in [0.3, 0.4) is 0 Å². The van der Waals surface area contributed by atoms with Gasteiger partial charge < -0.3 is 4.74 Å². The van der Waals surface area contributed by atoms with Gasteiger partial charge in [-0.05, 0) is 24.6 Å². The summed E-state index contributed by atoms with van der Waals surface area (Å²) in [6.45, 7) is 1.80. The highest BCUT2D eigenvalue weighted by Gasteiger charge is 1.96. The number of ether oxygens (including phenoxy) is 1. The third kappa shape index (κ3) is 1.47. The van der Waals surface area contributed by atoms with Crippen molar-refractivity contribution < 1.29 is 9.13 Å². The van der Waals surface area contributed by atoms with Crippen molar-refractivity contribution in [3.05, 3.63) is 29.6 Å². The van der Waals surface area contributed by atoms with Gasteiger partial charge in [-0.15, -0.1) is 0 Å². The van der Waals surface area contributed by atoms with E-state index in [1.54, 1.807) is 13.0 Å². The van der Waals surface area contributed by atoms with E-state index in [0.29, 0.717) is 5.75 Å². The fourth-order valence-electron chi connectivity index (χ4n) is 0.748. The van der Waals surface area contributed by atoms with E-state index in [-0.39, 0.29) is 5.82 Å². The van der Waals surface area contributed by atoms with Gasteiger partial charge in [0.25, 0.3) is 0 Å². The maximum atomic E-state index is 12.5. The van der Waals surface area contributed by atoms with Crippen LogP contribution < -0.4 is 4.74 Å². The molecule has 0 amide bonds. The Bertz CT molecular complexity index is 212. The molecule has 0 saturated carbocycles. The quantitative estimate of drug-likeness (QED) is 0.577. The van der Waals surface area contributed by atoms with Gasteiger partial charge in [-0.2, -0.15) is 0 Å². The van der Waals surface area contributed by atoms with Crippen LogP contribution in [0.25, 0.3) is 0 Å². The van der Waals surface area contributed by atoms with Crippen molar-refractivity contribution in [3.8, 4) is 5.75 Å². The molecule has 0 N–H and O–H groups in total. The molecular formula is C8H8FO. The summed E-state index contributed by atoms with van der Waals surface area (Å²) in [4.78, 5) is 0. The van der Waals surface area contributed by atoms with Crippen LogP contribution in [0.2, 0.25) is 0 Å². The zero-order valence-corrected chi connectivity index (χ0v) is 5.94. The summed E-state index contributed by atoms with van der Waals surface area (Å²) in [6.07, 6.45) is 0. The molecule has 0 fully saturated rings. The molecule has 0 aromatic heterocycles. The Kier molecular flexibility index (Phi) is 1.90. The van der Waals surface area contributed by atoms with Crippen LogP contribution in [0, 0.1) is 18.8 Å². The summed E-state index contributed by atoms with van der Waals surface area (Å²) in [5.41, 5.74) is 0.841. The first-order valence-electron chi connectivity index (χ1n) is 2.96. The maximum absolute atomic E-state index is 12.5. The van der Waals surface area contributed by atoms with Crippen LogP contribution in [0.5, 0.6) is 5.75 Å². The van der Waals surface area contributed by atoms with E-state index < -0.39 is 0 Å². The van der Waals surface area contributed by atoms with Crippen LogP contribution in [0.15, 0.2) is 12.1 Å². The van der Waals surface area contributed by atoms with Gasteiger partial charge in [0, 0.05) is 0 Å². The van der Waals surface area contributed by atoms with Gasteiger partial charge in [-0.1, -0.05) is 0 Å². The van der Waals surface area contributed by atoms with Gasteiger partial charge in [-0.25, -0.2) is 4.39 Å². The summed E-state index contributed by atoms with van der Waals surface area (Å²) < 4.78 is 17.3. The molecule has 0 bridgehead atoms. The van der Waals surface area contributed by atoms with E-state index in [4.69, 9.17) is 4.74 Å². The van der Waals surface area contributed by atoms with Gasteiger partial charge in [0.05, 0.1) is 13.2 Å². The molecule has 0 atom stereocenters. The van der Waals surface area contributed by atoms with Crippen molar-refractivity contribution in [3.63, 3.8) is 0 Å². The van der Waals surface area contributed by atoms with Crippen LogP contribution in [-0.4, -0.2) is 7.11 Å². The van der Waals surface area contributed by atoms with Crippen molar-refractivity contribution in [1.29, 1.82) is 0 Å². The molecule has 0 spiro atoms. The summed E-state index contributed by atoms with van der Waals surface area (Å²) in [6, 6.07) is 5.54. The molecule has 0 aliphatic rings. The van der Waals surface area contributed by atoms with E-state index in [1.807, 2.05) is 0 Å². The second-order valence-electron chi connectivity index (χ2n) is 2.07. The van der Waals surface area contributed by atoms with Crippen molar-refractivity contribution in [1.82, 2.24) is 0 Å². The maximum Gasteiger partial charge on any atom is 0.135 e. The number of benzene rings is 1. The molecule has 1 nitrogen and oxygen atoms in total. The third-order valence-electron chi connectivity index (χ3n) is 1.18. The zero-order valence-electron chi connectivity index (χ0n) is 5.94. The molecule has 1 aromatic carbocycles. The smallest absolute Gasteiger partial charge is 0.135 e. The average Bonchev–Trinajstić information content (AvgIpc) is 1.85. The lowest BCUT2D eigenvalue weighted by atomic mass is 10.2. The summed E-state index contributed by atoms with van der Waals surface area (Å²) in [5.74, 6) is 0.0642. The second-order valence-corrected chi connectivity index (χ2v) is 2.07. The standard InChI is InChI=1S/C8H8FO/c1-6-3-7(9)5-8(4-6)10-2/h3-4H,1-2H3. The summed E-state index contributed by atoms with van der Waals surface area (Å²) >= 11 is 0. The Balaban J connectivity index is 3.06. The van der Waals surface area contributed by atoms with Gasteiger partial charge in [0.1, 0.15) is 11.6 Å². The van der Waals surface area contributed by atoms with Crippen LogP contribution >= 0.6 is 0 Å². The largest absolute Gasteiger partial charge is 0.496 e. The molecule has 0 aliphatic carbocycles. The predicted octanol–water partition coefficient (Wildman–Crippen LogP) is 1.94. The fourth-order valence-corrected chi connectivity index (χ4v) is 0.748. The first-order chi connectivity index (χ1) is 4.72. The number of hydrogen-bond donors (Lipinski definition) is 0. The summed E-state index contributed by atoms with van der Waals surface area (Å²) in [5, 5.41) is 0. The predicted molar refractivity (Wildman–Crippen MR) is 36.5 cm³/mol. The van der Waals surface area contributed by atoms with E-state index in [1.165, 1.54) is 13.2 Å². The molecule has 0 unspecified atom stereocenters. The lowest BCUT2D eigenvalue weighted by Gasteiger charge is -1.99. The second kappa shape index (κ2) is 2.69. The number of methoxy groups -OCH3 is 1. The van der Waals surface area contributed by atoms with E-state index >= 15 is 0 Å². The molecule has 1 aromatic rings. The minimum absolute atomic E-state index is 0.378. The first kappa shape index (κ1) is 7.06. The Morgan fingerprint density at radius 3 is 2.70 bits per heavy atom. The van der Waals surface area contributed by atoms with E-state index in [2.05, 4.69) is 6.07 Å². The molecule has 10 heavy (non-hydrogen) atoms. The number of rotatable bonds is 1. The third-order valence-corrected chi connectivity index (χ3v) is 1.18. The Morgan fingerprint density at radius 2 is 2.20 bits per heavy atom. The molecule has 0 saturated heterocycles. The van der Waals surface area contributed by atoms with Gasteiger partial charge >= 0.3 is 0 Å². The van der Waals surface area contributed by atoms with Gasteiger partial charge in [0.2, 0.25) is 0 Å². The Morgan fingerprint density at radius 1 is 1.50 bits per heavy atom. The number of hydrogen-bond acceptors (Lipinski definition) is 1. The highest BCUT2D eigenvalue weighted by atomic mass is 19.1. The van der Waals surface area contributed by atoms with Gasteiger partial charge in [0.15, 0.2) is 0 Å². The van der Waals surface area contributed by atoms with Crippen LogP contribution in [-0.2, 0) is 0 Å². The number of halogens is 1. The zero-order chi connectivity index (χ0) is 7.56. The van der Waals surface area contributed by atoms with Crippen LogP contribution in [0.4, 0.5) is 4.39 Å². The highest BCUT2D eigenvalue weighted by molar-refractivity contribution is 5.26. The molecule has 1 rings (SSSR count).